The van der Waals surface area contributed by atoms with Crippen molar-refractivity contribution in [3.63, 3.8) is 0 Å². The fraction of sp³-hybridized carbons (Fsp3) is 0.533. The molecular formula is C15H23N3O2. The molecule has 1 aromatic carbocycles. The number of carbonyl (C=O) groups excluding carboxylic acids is 1. The molecule has 1 saturated heterocycles. The van der Waals surface area contributed by atoms with Crippen LogP contribution < -0.4 is 11.1 Å². The second-order valence-corrected chi connectivity index (χ2v) is 5.26. The third-order valence-electron chi connectivity index (χ3n) is 3.39. The molecule has 0 saturated carbocycles. The molecular weight excluding hydrogens is 254 g/mol. The second kappa shape index (κ2) is 7.26. The number of benzene rings is 1. The van der Waals surface area contributed by atoms with Gasteiger partial charge in [-0.2, -0.15) is 0 Å². The number of nitrogen functional groups attached to an aromatic ring is 1. The fourth-order valence-corrected chi connectivity index (χ4v) is 2.33. The normalized spacial score (nSPS) is 20.4. The molecule has 1 amide bonds. The van der Waals surface area contributed by atoms with Gasteiger partial charge < -0.3 is 20.7 Å². The number of anilines is 2. The zero-order valence-electron chi connectivity index (χ0n) is 12.0. The Morgan fingerprint density at radius 1 is 1.45 bits per heavy atom. The Morgan fingerprint density at radius 3 is 2.95 bits per heavy atom. The summed E-state index contributed by atoms with van der Waals surface area (Å²) in [7, 11) is 0. The van der Waals surface area contributed by atoms with E-state index in [4.69, 9.17) is 10.5 Å². The van der Waals surface area contributed by atoms with Crippen molar-refractivity contribution in [2.75, 3.05) is 37.3 Å². The lowest BCUT2D eigenvalue weighted by atomic mass is 10.2. The van der Waals surface area contributed by atoms with E-state index in [2.05, 4.69) is 17.1 Å². The van der Waals surface area contributed by atoms with Crippen molar-refractivity contribution in [3.8, 4) is 0 Å². The van der Waals surface area contributed by atoms with Crippen LogP contribution in [-0.4, -0.2) is 43.2 Å². The maximum Gasteiger partial charge on any atom is 0.225 e. The maximum atomic E-state index is 11.9. The number of ether oxygens (including phenoxy) is 1. The van der Waals surface area contributed by atoms with E-state index in [1.165, 1.54) is 0 Å². The van der Waals surface area contributed by atoms with Crippen LogP contribution in [0.3, 0.4) is 0 Å². The first-order valence-electron chi connectivity index (χ1n) is 7.13. The Hall–Kier alpha value is -1.59. The number of nitrogens with two attached hydrogens (primary N) is 1. The predicted octanol–water partition coefficient (Wildman–Crippen LogP) is 1.71. The third kappa shape index (κ3) is 4.83. The number of nitrogens with one attached hydrogen (secondary N) is 1. The Kier molecular flexibility index (Phi) is 5.38. The smallest absolute Gasteiger partial charge is 0.225 e. The molecule has 0 bridgehead atoms. The zero-order valence-corrected chi connectivity index (χ0v) is 12.0. The van der Waals surface area contributed by atoms with Crippen molar-refractivity contribution in [1.82, 2.24) is 4.90 Å². The van der Waals surface area contributed by atoms with Gasteiger partial charge >= 0.3 is 0 Å². The van der Waals surface area contributed by atoms with Crippen LogP contribution in [0.15, 0.2) is 24.3 Å². The summed E-state index contributed by atoms with van der Waals surface area (Å²) in [4.78, 5) is 14.2. The molecule has 5 heteroatoms. The lowest BCUT2D eigenvalue weighted by Crippen LogP contribution is -2.33. The number of amides is 1. The highest BCUT2D eigenvalue weighted by Gasteiger charge is 2.15. The standard InChI is InChI=1S/C15H23N3O2/c1-12-11-18(8-2-10-20-12)9-7-15(19)17-14-5-3-13(16)4-6-14/h3-6,12H,2,7-11,16H2,1H3,(H,17,19). The van der Waals surface area contributed by atoms with Gasteiger partial charge in [0.25, 0.3) is 0 Å². The molecule has 20 heavy (non-hydrogen) atoms. The van der Waals surface area contributed by atoms with Crippen LogP contribution in [0.1, 0.15) is 19.8 Å². The predicted molar refractivity (Wildman–Crippen MR) is 80.6 cm³/mol. The Labute approximate surface area is 120 Å². The average Bonchev–Trinajstić information content (AvgIpc) is 2.63. The number of hydrogen-bond acceptors (Lipinski definition) is 4. The van der Waals surface area contributed by atoms with E-state index in [1.807, 2.05) is 12.1 Å². The molecule has 1 fully saturated rings. The summed E-state index contributed by atoms with van der Waals surface area (Å²) in [5.41, 5.74) is 7.09. The molecule has 3 N–H and O–H groups in total. The monoisotopic (exact) mass is 277 g/mol. The summed E-state index contributed by atoms with van der Waals surface area (Å²) in [5, 5.41) is 2.88. The van der Waals surface area contributed by atoms with Gasteiger partial charge in [0.05, 0.1) is 6.10 Å². The van der Waals surface area contributed by atoms with Gasteiger partial charge in [-0.1, -0.05) is 0 Å². The molecule has 5 nitrogen and oxygen atoms in total. The zero-order chi connectivity index (χ0) is 14.4. The van der Waals surface area contributed by atoms with E-state index < -0.39 is 0 Å². The summed E-state index contributed by atoms with van der Waals surface area (Å²) in [6, 6.07) is 7.19. The van der Waals surface area contributed by atoms with E-state index >= 15 is 0 Å². The fourth-order valence-electron chi connectivity index (χ4n) is 2.33. The highest BCUT2D eigenvalue weighted by atomic mass is 16.5. The SMILES string of the molecule is CC1CN(CCC(=O)Nc2ccc(N)cc2)CCCO1. The summed E-state index contributed by atoms with van der Waals surface area (Å²) < 4.78 is 5.59. The van der Waals surface area contributed by atoms with E-state index in [-0.39, 0.29) is 12.0 Å². The minimum atomic E-state index is 0.0348. The molecule has 1 atom stereocenters. The van der Waals surface area contributed by atoms with Crippen LogP contribution in [0.2, 0.25) is 0 Å². The molecule has 1 unspecified atom stereocenters. The van der Waals surface area contributed by atoms with Gasteiger partial charge in [-0.15, -0.1) is 0 Å². The first kappa shape index (κ1) is 14.8. The van der Waals surface area contributed by atoms with Crippen LogP contribution in [0.5, 0.6) is 0 Å². The van der Waals surface area contributed by atoms with Crippen molar-refractivity contribution in [2.45, 2.75) is 25.9 Å². The molecule has 1 aromatic rings. The topological polar surface area (TPSA) is 67.6 Å². The third-order valence-corrected chi connectivity index (χ3v) is 3.39. The quantitative estimate of drug-likeness (QED) is 0.822. The lowest BCUT2D eigenvalue weighted by Gasteiger charge is -2.21. The Bertz CT molecular complexity index is 433. The summed E-state index contributed by atoms with van der Waals surface area (Å²) >= 11 is 0. The molecule has 0 aliphatic carbocycles. The van der Waals surface area contributed by atoms with E-state index in [9.17, 15) is 4.79 Å². The van der Waals surface area contributed by atoms with Gasteiger partial charge in [0.2, 0.25) is 5.91 Å². The molecule has 1 heterocycles. The Balaban J connectivity index is 1.75. The second-order valence-electron chi connectivity index (χ2n) is 5.26. The number of hydrogen-bond donors (Lipinski definition) is 2. The maximum absolute atomic E-state index is 11.9. The number of carbonyl (C=O) groups is 1. The lowest BCUT2D eigenvalue weighted by molar-refractivity contribution is -0.116. The van der Waals surface area contributed by atoms with Gasteiger partial charge in [0, 0.05) is 44.0 Å². The van der Waals surface area contributed by atoms with Crippen molar-refractivity contribution in [2.24, 2.45) is 0 Å². The van der Waals surface area contributed by atoms with Crippen LogP contribution >= 0.6 is 0 Å². The van der Waals surface area contributed by atoms with Gasteiger partial charge in [-0.05, 0) is 37.6 Å². The molecule has 0 aromatic heterocycles. The minimum absolute atomic E-state index is 0.0348. The molecule has 0 radical (unpaired) electrons. The van der Waals surface area contributed by atoms with Gasteiger partial charge in [0.1, 0.15) is 0 Å². The van der Waals surface area contributed by atoms with Crippen LogP contribution in [0.25, 0.3) is 0 Å². The van der Waals surface area contributed by atoms with Crippen molar-refractivity contribution >= 4 is 17.3 Å². The summed E-state index contributed by atoms with van der Waals surface area (Å²) in [6.45, 7) is 5.56. The number of rotatable bonds is 4. The van der Waals surface area contributed by atoms with Gasteiger partial charge in [-0.3, -0.25) is 4.79 Å². The van der Waals surface area contributed by atoms with E-state index in [1.54, 1.807) is 12.1 Å². The van der Waals surface area contributed by atoms with E-state index in [0.29, 0.717) is 12.1 Å². The molecule has 1 aliphatic heterocycles. The molecule has 2 rings (SSSR count). The molecule has 1 aliphatic rings. The van der Waals surface area contributed by atoms with Gasteiger partial charge in [0.15, 0.2) is 0 Å². The van der Waals surface area contributed by atoms with E-state index in [0.717, 1.165) is 38.3 Å². The number of nitrogens with zero attached hydrogens (tertiary/aromatic N) is 1. The Morgan fingerprint density at radius 2 is 2.20 bits per heavy atom. The van der Waals surface area contributed by atoms with Crippen LogP contribution in [0, 0.1) is 0 Å². The highest BCUT2D eigenvalue weighted by molar-refractivity contribution is 5.90. The summed E-state index contributed by atoms with van der Waals surface area (Å²) in [6.07, 6.45) is 1.78. The summed E-state index contributed by atoms with van der Waals surface area (Å²) in [5.74, 6) is 0.0348. The van der Waals surface area contributed by atoms with Crippen LogP contribution in [0.4, 0.5) is 11.4 Å². The molecule has 0 spiro atoms. The largest absolute Gasteiger partial charge is 0.399 e. The van der Waals surface area contributed by atoms with Gasteiger partial charge in [-0.25, -0.2) is 0 Å². The minimum Gasteiger partial charge on any atom is -0.399 e. The molecule has 110 valence electrons. The average molecular weight is 277 g/mol. The highest BCUT2D eigenvalue weighted by Crippen LogP contribution is 2.11. The van der Waals surface area contributed by atoms with Crippen LogP contribution in [-0.2, 0) is 9.53 Å². The van der Waals surface area contributed by atoms with Crippen molar-refractivity contribution in [1.29, 1.82) is 0 Å². The van der Waals surface area contributed by atoms with Crippen molar-refractivity contribution < 1.29 is 9.53 Å². The first-order valence-corrected chi connectivity index (χ1v) is 7.13. The first-order chi connectivity index (χ1) is 9.63. The van der Waals surface area contributed by atoms with Crippen molar-refractivity contribution in [3.05, 3.63) is 24.3 Å².